The summed E-state index contributed by atoms with van der Waals surface area (Å²) in [4.78, 5) is 2.50. The van der Waals surface area contributed by atoms with E-state index in [1.807, 2.05) is 0 Å². The van der Waals surface area contributed by atoms with Gasteiger partial charge in [0.2, 0.25) is 0 Å². The Morgan fingerprint density at radius 1 is 1.38 bits per heavy atom. The molecular weight excluding hydrogens is 162 g/mol. The van der Waals surface area contributed by atoms with Crippen molar-refractivity contribution < 1.29 is 5.11 Å². The van der Waals surface area contributed by atoms with Crippen molar-refractivity contribution in [1.29, 1.82) is 0 Å². The molecule has 0 aromatic rings. The molecule has 2 atom stereocenters. The first-order valence-corrected chi connectivity index (χ1v) is 5.31. The molecule has 0 bridgehead atoms. The number of hydrogen-bond donors (Lipinski definition) is 1. The molecule has 0 amide bonds. The van der Waals surface area contributed by atoms with Gasteiger partial charge in [0.05, 0.1) is 0 Å². The Labute approximate surface area is 81.9 Å². The Kier molecular flexibility index (Phi) is 3.36. The van der Waals surface area contributed by atoms with E-state index in [4.69, 9.17) is 0 Å². The first kappa shape index (κ1) is 11.0. The summed E-state index contributed by atoms with van der Waals surface area (Å²) >= 11 is 0. The lowest BCUT2D eigenvalue weighted by molar-refractivity contribution is 0.0959. The zero-order valence-electron chi connectivity index (χ0n) is 9.38. The van der Waals surface area contributed by atoms with Crippen LogP contribution in [0.3, 0.4) is 0 Å². The quantitative estimate of drug-likeness (QED) is 0.724. The summed E-state index contributed by atoms with van der Waals surface area (Å²) in [5.41, 5.74) is 0.0539. The zero-order chi connectivity index (χ0) is 10.1. The number of hydrogen-bond acceptors (Lipinski definition) is 2. The Balaban J connectivity index is 2.46. The zero-order valence-corrected chi connectivity index (χ0v) is 9.38. The molecule has 0 radical (unpaired) electrons. The molecule has 1 aliphatic rings. The topological polar surface area (TPSA) is 23.5 Å². The minimum atomic E-state index is 0.0539. The molecule has 0 aromatic heterocycles. The summed E-state index contributed by atoms with van der Waals surface area (Å²) in [5.74, 6) is 0.814. The second-order valence-corrected chi connectivity index (χ2v) is 5.30. The Bertz CT molecular complexity index is 167. The van der Waals surface area contributed by atoms with Crippen molar-refractivity contribution >= 4 is 0 Å². The summed E-state index contributed by atoms with van der Waals surface area (Å²) in [5, 5.41) is 9.18. The molecule has 1 heterocycles. The largest absolute Gasteiger partial charge is 0.396 e. The van der Waals surface area contributed by atoms with Crippen LogP contribution >= 0.6 is 0 Å². The average molecular weight is 185 g/mol. The van der Waals surface area contributed by atoms with Crippen molar-refractivity contribution in [3.8, 4) is 0 Å². The van der Waals surface area contributed by atoms with Gasteiger partial charge >= 0.3 is 0 Å². The van der Waals surface area contributed by atoms with E-state index in [-0.39, 0.29) is 12.0 Å². The monoisotopic (exact) mass is 185 g/mol. The van der Waals surface area contributed by atoms with Crippen molar-refractivity contribution in [3.05, 3.63) is 0 Å². The average Bonchev–Trinajstić information content (AvgIpc) is 2.36. The standard InChI is InChI=1S/C11H23NO/c1-9-5-6-12(10(9)2)7-11(3,4)8-13/h9-10,13H,5-8H2,1-4H3. The third-order valence-electron chi connectivity index (χ3n) is 3.33. The van der Waals surface area contributed by atoms with Crippen molar-refractivity contribution in [3.63, 3.8) is 0 Å². The highest BCUT2D eigenvalue weighted by Gasteiger charge is 2.31. The van der Waals surface area contributed by atoms with Gasteiger partial charge in [0, 0.05) is 24.6 Å². The molecule has 78 valence electrons. The highest BCUT2D eigenvalue weighted by molar-refractivity contribution is 4.84. The van der Waals surface area contributed by atoms with E-state index in [9.17, 15) is 5.11 Å². The summed E-state index contributed by atoms with van der Waals surface area (Å²) < 4.78 is 0. The Morgan fingerprint density at radius 2 is 2.00 bits per heavy atom. The van der Waals surface area contributed by atoms with Crippen LogP contribution in [0.15, 0.2) is 0 Å². The number of likely N-dealkylation sites (tertiary alicyclic amines) is 1. The van der Waals surface area contributed by atoms with Gasteiger partial charge in [-0.1, -0.05) is 20.8 Å². The van der Waals surface area contributed by atoms with Crippen molar-refractivity contribution in [2.75, 3.05) is 19.7 Å². The maximum absolute atomic E-state index is 9.18. The van der Waals surface area contributed by atoms with Crippen LogP contribution in [-0.2, 0) is 0 Å². The fourth-order valence-electron chi connectivity index (χ4n) is 2.00. The molecule has 1 aliphatic heterocycles. The smallest absolute Gasteiger partial charge is 0.0494 e. The van der Waals surface area contributed by atoms with E-state index in [0.29, 0.717) is 6.04 Å². The van der Waals surface area contributed by atoms with Crippen LogP contribution in [0.2, 0.25) is 0 Å². The van der Waals surface area contributed by atoms with Crippen LogP contribution in [0, 0.1) is 11.3 Å². The van der Waals surface area contributed by atoms with E-state index in [1.54, 1.807) is 0 Å². The van der Waals surface area contributed by atoms with Gasteiger partial charge in [-0.05, 0) is 25.8 Å². The molecule has 1 saturated heterocycles. The normalized spacial score (nSPS) is 31.2. The van der Waals surface area contributed by atoms with E-state index < -0.39 is 0 Å². The SMILES string of the molecule is CC1CCN(CC(C)(C)CO)C1C. The second-order valence-electron chi connectivity index (χ2n) is 5.30. The second kappa shape index (κ2) is 3.97. The third-order valence-corrected chi connectivity index (χ3v) is 3.33. The summed E-state index contributed by atoms with van der Waals surface area (Å²) in [6.07, 6.45) is 1.31. The summed E-state index contributed by atoms with van der Waals surface area (Å²) in [6, 6.07) is 0.686. The van der Waals surface area contributed by atoms with Gasteiger partial charge in [0.1, 0.15) is 0 Å². The minimum absolute atomic E-state index is 0.0539. The van der Waals surface area contributed by atoms with Gasteiger partial charge in [0.25, 0.3) is 0 Å². The molecule has 1 fully saturated rings. The lowest BCUT2D eigenvalue weighted by atomic mass is 9.93. The molecule has 2 heteroatoms. The van der Waals surface area contributed by atoms with Gasteiger partial charge < -0.3 is 5.11 Å². The lowest BCUT2D eigenvalue weighted by Crippen LogP contribution is -2.39. The first-order valence-electron chi connectivity index (χ1n) is 5.31. The number of aliphatic hydroxyl groups is 1. The predicted molar refractivity (Wildman–Crippen MR) is 55.7 cm³/mol. The van der Waals surface area contributed by atoms with Crippen molar-refractivity contribution in [2.24, 2.45) is 11.3 Å². The first-order chi connectivity index (χ1) is 5.96. The molecule has 0 aromatic carbocycles. The Morgan fingerprint density at radius 3 is 2.38 bits per heavy atom. The number of aliphatic hydroxyl groups excluding tert-OH is 1. The summed E-state index contributed by atoms with van der Waals surface area (Å²) in [6.45, 7) is 11.4. The molecule has 13 heavy (non-hydrogen) atoms. The highest BCUT2D eigenvalue weighted by Crippen LogP contribution is 2.27. The van der Waals surface area contributed by atoms with E-state index in [2.05, 4.69) is 32.6 Å². The van der Waals surface area contributed by atoms with Crippen LogP contribution in [-0.4, -0.2) is 35.7 Å². The fourth-order valence-corrected chi connectivity index (χ4v) is 2.00. The molecular formula is C11H23NO. The number of nitrogens with zero attached hydrogens (tertiary/aromatic N) is 1. The van der Waals surface area contributed by atoms with Gasteiger partial charge in [0.15, 0.2) is 0 Å². The van der Waals surface area contributed by atoms with Crippen LogP contribution in [0.1, 0.15) is 34.1 Å². The van der Waals surface area contributed by atoms with Crippen molar-refractivity contribution in [2.45, 2.75) is 40.2 Å². The molecule has 0 saturated carbocycles. The predicted octanol–water partition coefficient (Wildman–Crippen LogP) is 1.74. The molecule has 1 N–H and O–H groups in total. The fraction of sp³-hybridized carbons (Fsp3) is 1.00. The lowest BCUT2D eigenvalue weighted by Gasteiger charge is -2.31. The number of rotatable bonds is 3. The molecule has 0 spiro atoms. The van der Waals surface area contributed by atoms with Crippen LogP contribution in [0.5, 0.6) is 0 Å². The molecule has 1 rings (SSSR count). The highest BCUT2D eigenvalue weighted by atomic mass is 16.3. The minimum Gasteiger partial charge on any atom is -0.396 e. The molecule has 2 nitrogen and oxygen atoms in total. The van der Waals surface area contributed by atoms with E-state index >= 15 is 0 Å². The van der Waals surface area contributed by atoms with Gasteiger partial charge in [-0.2, -0.15) is 0 Å². The van der Waals surface area contributed by atoms with Gasteiger partial charge in [-0.3, -0.25) is 4.90 Å². The maximum Gasteiger partial charge on any atom is 0.0494 e. The third kappa shape index (κ3) is 2.68. The van der Waals surface area contributed by atoms with Gasteiger partial charge in [-0.15, -0.1) is 0 Å². The van der Waals surface area contributed by atoms with Gasteiger partial charge in [-0.25, -0.2) is 0 Å². The van der Waals surface area contributed by atoms with E-state index in [1.165, 1.54) is 13.0 Å². The molecule has 0 aliphatic carbocycles. The van der Waals surface area contributed by atoms with Crippen LogP contribution in [0.25, 0.3) is 0 Å². The maximum atomic E-state index is 9.18. The molecule has 2 unspecified atom stereocenters. The van der Waals surface area contributed by atoms with E-state index in [0.717, 1.165) is 12.5 Å². The summed E-state index contributed by atoms with van der Waals surface area (Å²) in [7, 11) is 0. The van der Waals surface area contributed by atoms with Crippen LogP contribution < -0.4 is 0 Å². The van der Waals surface area contributed by atoms with Crippen LogP contribution in [0.4, 0.5) is 0 Å². The Hall–Kier alpha value is -0.0800. The van der Waals surface area contributed by atoms with Crippen molar-refractivity contribution in [1.82, 2.24) is 4.90 Å².